The fraction of sp³-hybridized carbons (Fsp3) is 0.300. The quantitative estimate of drug-likeness (QED) is 0.619. The van der Waals surface area contributed by atoms with E-state index in [0.717, 1.165) is 10.5 Å². The van der Waals surface area contributed by atoms with Crippen LogP contribution in [0.25, 0.3) is 0 Å². The van der Waals surface area contributed by atoms with Crippen molar-refractivity contribution in [2.45, 2.75) is 38.7 Å². The smallest absolute Gasteiger partial charge is 0.317 e. The number of carbonyl (C=O) groups excluding carboxylic acids is 2. The summed E-state index contributed by atoms with van der Waals surface area (Å²) >= 11 is 1.40. The van der Waals surface area contributed by atoms with E-state index in [2.05, 4.69) is 5.32 Å². The first-order valence-corrected chi connectivity index (χ1v) is 9.11. The van der Waals surface area contributed by atoms with Gasteiger partial charge in [-0.15, -0.1) is 11.8 Å². The second kappa shape index (κ2) is 8.72. The van der Waals surface area contributed by atoms with Crippen molar-refractivity contribution in [2.24, 2.45) is 0 Å². The Kier molecular flexibility index (Phi) is 6.65. The van der Waals surface area contributed by atoms with Gasteiger partial charge in [0.15, 0.2) is 6.10 Å². The topological polar surface area (TPSA) is 55.4 Å². The van der Waals surface area contributed by atoms with Crippen LogP contribution in [0, 0.1) is 20.8 Å². The highest BCUT2D eigenvalue weighted by Crippen LogP contribution is 2.21. The zero-order valence-corrected chi connectivity index (χ0v) is 15.8. The fourth-order valence-electron chi connectivity index (χ4n) is 2.20. The molecule has 0 aliphatic rings. The van der Waals surface area contributed by atoms with Crippen molar-refractivity contribution in [3.8, 4) is 0 Å². The van der Waals surface area contributed by atoms with E-state index < -0.39 is 12.1 Å². The molecule has 0 bridgehead atoms. The summed E-state index contributed by atoms with van der Waals surface area (Å²) < 4.78 is 5.22. The summed E-state index contributed by atoms with van der Waals surface area (Å²) in [5.41, 5.74) is 4.14. The van der Waals surface area contributed by atoms with Gasteiger partial charge < -0.3 is 10.1 Å². The Morgan fingerprint density at radius 1 is 1.08 bits per heavy atom. The summed E-state index contributed by atoms with van der Waals surface area (Å²) in [4.78, 5) is 25.1. The number of anilines is 1. The fourth-order valence-corrected chi connectivity index (χ4v) is 2.97. The number of hydrogen-bond acceptors (Lipinski definition) is 4. The molecule has 25 heavy (non-hydrogen) atoms. The van der Waals surface area contributed by atoms with E-state index >= 15 is 0 Å². The van der Waals surface area contributed by atoms with Gasteiger partial charge in [0.2, 0.25) is 0 Å². The molecule has 1 amide bonds. The van der Waals surface area contributed by atoms with Crippen molar-refractivity contribution in [1.29, 1.82) is 0 Å². The molecular weight excluding hydrogens is 334 g/mol. The van der Waals surface area contributed by atoms with Gasteiger partial charge in [-0.25, -0.2) is 0 Å². The normalized spacial score (nSPS) is 11.7. The third kappa shape index (κ3) is 5.94. The number of amides is 1. The molecule has 2 rings (SSSR count). The van der Waals surface area contributed by atoms with Gasteiger partial charge in [0.1, 0.15) is 0 Å². The Morgan fingerprint density at radius 2 is 1.84 bits per heavy atom. The highest BCUT2D eigenvalue weighted by Gasteiger charge is 2.18. The van der Waals surface area contributed by atoms with Crippen LogP contribution in [0.2, 0.25) is 0 Å². The molecule has 0 saturated carbocycles. The van der Waals surface area contributed by atoms with Crippen molar-refractivity contribution in [2.75, 3.05) is 11.1 Å². The maximum absolute atomic E-state index is 12.1. The molecular formula is C20H23NO3S. The van der Waals surface area contributed by atoms with Gasteiger partial charge in [0.25, 0.3) is 5.91 Å². The lowest BCUT2D eigenvalue weighted by Crippen LogP contribution is -2.30. The highest BCUT2D eigenvalue weighted by molar-refractivity contribution is 8.00. The number of rotatable bonds is 6. The monoisotopic (exact) mass is 357 g/mol. The first-order chi connectivity index (χ1) is 11.8. The van der Waals surface area contributed by atoms with Crippen LogP contribution in [0.5, 0.6) is 0 Å². The second-order valence-electron chi connectivity index (χ2n) is 6.03. The number of ether oxygens (including phenoxy) is 1. The molecule has 2 aromatic rings. The van der Waals surface area contributed by atoms with Crippen molar-refractivity contribution < 1.29 is 14.3 Å². The van der Waals surface area contributed by atoms with Crippen molar-refractivity contribution >= 4 is 29.3 Å². The van der Waals surface area contributed by atoms with Crippen LogP contribution in [0.3, 0.4) is 0 Å². The molecule has 0 unspecified atom stereocenters. The maximum Gasteiger partial charge on any atom is 0.317 e. The molecule has 5 heteroatoms. The lowest BCUT2D eigenvalue weighted by molar-refractivity contribution is -0.150. The number of nitrogens with one attached hydrogen (secondary N) is 1. The Morgan fingerprint density at radius 3 is 2.52 bits per heavy atom. The lowest BCUT2D eigenvalue weighted by Gasteiger charge is -2.14. The van der Waals surface area contributed by atoms with E-state index in [1.807, 2.05) is 57.2 Å². The number of aryl methyl sites for hydroxylation is 3. The van der Waals surface area contributed by atoms with E-state index in [4.69, 9.17) is 4.74 Å². The van der Waals surface area contributed by atoms with Gasteiger partial charge in [0.05, 0.1) is 5.75 Å². The molecule has 0 heterocycles. The first-order valence-electron chi connectivity index (χ1n) is 8.12. The van der Waals surface area contributed by atoms with E-state index in [1.165, 1.54) is 22.9 Å². The zero-order chi connectivity index (χ0) is 18.4. The lowest BCUT2D eigenvalue weighted by atomic mass is 10.1. The van der Waals surface area contributed by atoms with Crippen LogP contribution in [0.15, 0.2) is 47.4 Å². The highest BCUT2D eigenvalue weighted by atomic mass is 32.2. The minimum Gasteiger partial charge on any atom is -0.452 e. The van der Waals surface area contributed by atoms with Gasteiger partial charge in [-0.2, -0.15) is 0 Å². The third-order valence-electron chi connectivity index (χ3n) is 3.80. The average molecular weight is 357 g/mol. The summed E-state index contributed by atoms with van der Waals surface area (Å²) in [6.07, 6.45) is -0.839. The number of benzene rings is 2. The number of carbonyl (C=O) groups is 2. The summed E-state index contributed by atoms with van der Waals surface area (Å²) in [6, 6.07) is 13.5. The largest absolute Gasteiger partial charge is 0.452 e. The van der Waals surface area contributed by atoms with Gasteiger partial charge in [-0.3, -0.25) is 9.59 Å². The number of thioether (sulfide) groups is 1. The first kappa shape index (κ1) is 19.1. The maximum atomic E-state index is 12.1. The van der Waals surface area contributed by atoms with Crippen LogP contribution in [0.1, 0.15) is 23.6 Å². The zero-order valence-electron chi connectivity index (χ0n) is 15.0. The summed E-state index contributed by atoms with van der Waals surface area (Å²) in [5.74, 6) is -0.574. The summed E-state index contributed by atoms with van der Waals surface area (Å²) in [6.45, 7) is 7.61. The van der Waals surface area contributed by atoms with Crippen molar-refractivity contribution in [3.05, 3.63) is 59.2 Å². The van der Waals surface area contributed by atoms with Crippen LogP contribution < -0.4 is 5.32 Å². The molecule has 0 spiro atoms. The molecule has 0 saturated heterocycles. The average Bonchev–Trinajstić information content (AvgIpc) is 2.56. The molecule has 132 valence electrons. The predicted octanol–water partition coefficient (Wildman–Crippen LogP) is 4.27. The molecule has 1 N–H and O–H groups in total. The predicted molar refractivity (Wildman–Crippen MR) is 102 cm³/mol. The van der Waals surface area contributed by atoms with E-state index in [0.29, 0.717) is 5.69 Å². The Balaban J connectivity index is 1.82. The minimum atomic E-state index is -0.839. The molecule has 0 fully saturated rings. The van der Waals surface area contributed by atoms with Crippen LogP contribution in [-0.4, -0.2) is 23.7 Å². The van der Waals surface area contributed by atoms with Gasteiger partial charge in [-0.1, -0.05) is 18.2 Å². The van der Waals surface area contributed by atoms with Crippen LogP contribution >= 0.6 is 11.8 Å². The molecule has 4 nitrogen and oxygen atoms in total. The second-order valence-corrected chi connectivity index (χ2v) is 7.07. The molecule has 2 aromatic carbocycles. The molecule has 0 aliphatic heterocycles. The molecule has 0 aliphatic carbocycles. The molecule has 1 atom stereocenters. The summed E-state index contributed by atoms with van der Waals surface area (Å²) in [5, 5.41) is 2.75. The van der Waals surface area contributed by atoms with Crippen LogP contribution in [-0.2, 0) is 14.3 Å². The molecule has 0 aromatic heterocycles. The van der Waals surface area contributed by atoms with Crippen molar-refractivity contribution in [3.63, 3.8) is 0 Å². The number of esters is 1. The molecule has 0 radical (unpaired) electrons. The summed E-state index contributed by atoms with van der Waals surface area (Å²) in [7, 11) is 0. The standard InChI is InChI=1S/C20H23NO3S/c1-13-6-5-7-17(10-13)21-20(23)16(4)24-19(22)12-25-18-9-8-14(2)15(3)11-18/h5-11,16H,12H2,1-4H3,(H,21,23)/t16-/m1/s1. The van der Waals surface area contributed by atoms with E-state index in [-0.39, 0.29) is 11.7 Å². The number of hydrogen-bond donors (Lipinski definition) is 1. The van der Waals surface area contributed by atoms with Crippen molar-refractivity contribution in [1.82, 2.24) is 0 Å². The Labute approximate surface area is 153 Å². The SMILES string of the molecule is Cc1cccc(NC(=O)[C@@H](C)OC(=O)CSc2ccc(C)c(C)c2)c1. The van der Waals surface area contributed by atoms with Gasteiger partial charge >= 0.3 is 5.97 Å². The van der Waals surface area contributed by atoms with Gasteiger partial charge in [-0.05, 0) is 68.7 Å². The van der Waals surface area contributed by atoms with Gasteiger partial charge in [0, 0.05) is 10.6 Å². The Hall–Kier alpha value is -2.27. The van der Waals surface area contributed by atoms with E-state index in [9.17, 15) is 9.59 Å². The van der Waals surface area contributed by atoms with Crippen LogP contribution in [0.4, 0.5) is 5.69 Å². The Bertz CT molecular complexity index is 773. The van der Waals surface area contributed by atoms with E-state index in [1.54, 1.807) is 13.0 Å². The third-order valence-corrected chi connectivity index (χ3v) is 4.77. The minimum absolute atomic E-state index is 0.171.